The van der Waals surface area contributed by atoms with E-state index < -0.39 is 0 Å². The molecule has 1 rings (SSSR count). The zero-order chi connectivity index (χ0) is 17.4. The molecular weight excluding hydrogens is 334 g/mol. The highest BCUT2D eigenvalue weighted by Gasteiger charge is 2.31. The number of hydrogen-bond donors (Lipinski definition) is 1. The molecule has 0 heterocycles. The van der Waals surface area contributed by atoms with E-state index >= 15 is 0 Å². The summed E-state index contributed by atoms with van der Waals surface area (Å²) in [6, 6.07) is 0. The van der Waals surface area contributed by atoms with E-state index in [0.717, 1.165) is 12.2 Å². The van der Waals surface area contributed by atoms with Crippen LogP contribution in [0.2, 0.25) is 0 Å². The summed E-state index contributed by atoms with van der Waals surface area (Å²) in [5.74, 6) is 1.78. The Bertz CT molecular complexity index is 514. The molecule has 4 nitrogen and oxygen atoms in total. The van der Waals surface area contributed by atoms with Crippen LogP contribution in [0.4, 0.5) is 0 Å². The predicted molar refractivity (Wildman–Crippen MR) is 98.0 cm³/mol. The summed E-state index contributed by atoms with van der Waals surface area (Å²) in [5, 5.41) is 14.8. The second-order valence-electron chi connectivity index (χ2n) is 5.72. The topological polar surface area (TPSA) is 58.9 Å². The maximum Gasteiger partial charge on any atom is 0.168 e. The van der Waals surface area contributed by atoms with Crippen LogP contribution in [-0.2, 0) is 9.63 Å². The van der Waals surface area contributed by atoms with Crippen LogP contribution in [0.1, 0.15) is 53.4 Å². The lowest BCUT2D eigenvalue weighted by atomic mass is 9.82. The number of carbonyl (C=O) groups is 1. The summed E-state index contributed by atoms with van der Waals surface area (Å²) in [6.45, 7) is 7.85. The first kappa shape index (κ1) is 20.1. The molecule has 2 unspecified atom stereocenters. The molecule has 0 aromatic carbocycles. The predicted octanol–water partition coefficient (Wildman–Crippen LogP) is 5.19. The van der Waals surface area contributed by atoms with E-state index in [0.29, 0.717) is 41.6 Å². The Hall–Kier alpha value is -0.940. The molecule has 1 N–H and O–H groups in total. The van der Waals surface area contributed by atoms with Crippen LogP contribution in [-0.4, -0.2) is 27.6 Å². The van der Waals surface area contributed by atoms with Crippen molar-refractivity contribution >= 4 is 34.9 Å². The van der Waals surface area contributed by atoms with Crippen molar-refractivity contribution in [2.45, 2.75) is 58.6 Å². The smallest absolute Gasteiger partial charge is 0.168 e. The Morgan fingerprint density at radius 3 is 2.74 bits per heavy atom. The second kappa shape index (κ2) is 10.0. The van der Waals surface area contributed by atoms with Crippen molar-refractivity contribution in [3.8, 4) is 0 Å². The summed E-state index contributed by atoms with van der Waals surface area (Å²) in [5.41, 5.74) is 2.07. The molecule has 130 valence electrons. The van der Waals surface area contributed by atoms with Gasteiger partial charge in [-0.1, -0.05) is 37.5 Å². The highest BCUT2D eigenvalue weighted by molar-refractivity contribution is 7.99. The van der Waals surface area contributed by atoms with Crippen molar-refractivity contribution in [3.05, 3.63) is 22.6 Å². The second-order valence-corrected chi connectivity index (χ2v) is 7.66. The molecular formula is C17H26ClNO3S. The standard InChI is InChI=1S/C17H26ClNO3S/c1-5-14(19-22-11(3)10-18)17-15(20)8-13(9-16(17)21)7-12(4)23-6-2/h10,12-13,20H,5-9H2,1-4H3. The Morgan fingerprint density at radius 2 is 2.22 bits per heavy atom. The van der Waals surface area contributed by atoms with Gasteiger partial charge in [-0.25, -0.2) is 0 Å². The van der Waals surface area contributed by atoms with Gasteiger partial charge in [0.1, 0.15) is 11.5 Å². The number of halogens is 1. The average Bonchev–Trinajstić information content (AvgIpc) is 2.49. The van der Waals surface area contributed by atoms with Gasteiger partial charge < -0.3 is 9.94 Å². The number of oxime groups is 1. The molecule has 0 aromatic rings. The molecule has 0 aliphatic heterocycles. The highest BCUT2D eigenvalue weighted by atomic mass is 35.5. The van der Waals surface area contributed by atoms with Crippen LogP contribution in [0.15, 0.2) is 27.8 Å². The van der Waals surface area contributed by atoms with Crippen molar-refractivity contribution < 1.29 is 14.7 Å². The molecule has 0 bridgehead atoms. The van der Waals surface area contributed by atoms with E-state index in [4.69, 9.17) is 16.4 Å². The van der Waals surface area contributed by atoms with Crippen molar-refractivity contribution in [3.63, 3.8) is 0 Å². The van der Waals surface area contributed by atoms with Crippen molar-refractivity contribution in [1.82, 2.24) is 0 Å². The van der Waals surface area contributed by atoms with E-state index in [2.05, 4.69) is 19.0 Å². The number of rotatable bonds is 8. The first-order valence-electron chi connectivity index (χ1n) is 8.00. The number of allylic oxidation sites excluding steroid dienone is 3. The molecule has 0 aromatic heterocycles. The summed E-state index contributed by atoms with van der Waals surface area (Å²) in [6.07, 6.45) is 2.43. The number of carbonyl (C=O) groups excluding carboxylic acids is 1. The van der Waals surface area contributed by atoms with Gasteiger partial charge in [0.15, 0.2) is 5.78 Å². The van der Waals surface area contributed by atoms with E-state index in [9.17, 15) is 9.90 Å². The van der Waals surface area contributed by atoms with Crippen molar-refractivity contribution in [2.75, 3.05) is 5.75 Å². The maximum absolute atomic E-state index is 12.5. The third-order valence-electron chi connectivity index (χ3n) is 3.72. The van der Waals surface area contributed by atoms with Gasteiger partial charge in [0, 0.05) is 23.6 Å². The van der Waals surface area contributed by atoms with Crippen LogP contribution in [0.5, 0.6) is 0 Å². The molecule has 0 saturated heterocycles. The van der Waals surface area contributed by atoms with Crippen LogP contribution >= 0.6 is 23.4 Å². The average molecular weight is 360 g/mol. The molecule has 2 atom stereocenters. The van der Waals surface area contributed by atoms with Gasteiger partial charge in [0.05, 0.1) is 11.3 Å². The van der Waals surface area contributed by atoms with Gasteiger partial charge in [-0.05, 0) is 31.4 Å². The van der Waals surface area contributed by atoms with E-state index in [-0.39, 0.29) is 17.5 Å². The fourth-order valence-corrected chi connectivity index (χ4v) is 3.74. The van der Waals surface area contributed by atoms with E-state index in [1.165, 1.54) is 5.54 Å². The molecule has 0 amide bonds. The van der Waals surface area contributed by atoms with Crippen LogP contribution in [0, 0.1) is 5.92 Å². The van der Waals surface area contributed by atoms with Crippen molar-refractivity contribution in [1.29, 1.82) is 0 Å². The number of aliphatic hydroxyl groups is 1. The summed E-state index contributed by atoms with van der Waals surface area (Å²) in [7, 11) is 0. The number of Topliss-reactive ketones (excluding diaryl/α,β-unsaturated/α-hetero) is 1. The van der Waals surface area contributed by atoms with Crippen LogP contribution < -0.4 is 0 Å². The minimum atomic E-state index is -0.0517. The first-order valence-corrected chi connectivity index (χ1v) is 9.49. The highest BCUT2D eigenvalue weighted by Crippen LogP contribution is 2.32. The molecule has 0 radical (unpaired) electrons. The summed E-state index contributed by atoms with van der Waals surface area (Å²) in [4.78, 5) is 17.6. The molecule has 6 heteroatoms. The first-order chi connectivity index (χ1) is 10.9. The quantitative estimate of drug-likeness (QED) is 0.368. The van der Waals surface area contributed by atoms with Crippen molar-refractivity contribution in [2.24, 2.45) is 11.1 Å². The third-order valence-corrected chi connectivity index (χ3v) is 5.12. The Labute approximate surface area is 148 Å². The summed E-state index contributed by atoms with van der Waals surface area (Å²) < 4.78 is 0. The normalized spacial score (nSPS) is 21.6. The Balaban J connectivity index is 2.88. The summed E-state index contributed by atoms with van der Waals surface area (Å²) >= 11 is 7.41. The van der Waals surface area contributed by atoms with Gasteiger partial charge in [0.2, 0.25) is 0 Å². The lowest BCUT2D eigenvalue weighted by Crippen LogP contribution is -2.26. The zero-order valence-corrected chi connectivity index (χ0v) is 15.8. The largest absolute Gasteiger partial charge is 0.511 e. The molecule has 0 fully saturated rings. The minimum absolute atomic E-state index is 0.0517. The monoisotopic (exact) mass is 359 g/mol. The lowest BCUT2D eigenvalue weighted by molar-refractivity contribution is -0.116. The molecule has 0 spiro atoms. The third kappa shape index (κ3) is 6.22. The fraction of sp³-hybridized carbons (Fsp3) is 0.647. The number of aliphatic hydroxyl groups excluding tert-OH is 1. The molecule has 0 saturated carbocycles. The maximum atomic E-state index is 12.5. The van der Waals surface area contributed by atoms with E-state index in [1.807, 2.05) is 18.7 Å². The Kier molecular flexibility index (Phi) is 8.77. The van der Waals surface area contributed by atoms with E-state index in [1.54, 1.807) is 6.92 Å². The molecule has 1 aliphatic rings. The van der Waals surface area contributed by atoms with Crippen LogP contribution in [0.25, 0.3) is 0 Å². The van der Waals surface area contributed by atoms with Crippen LogP contribution in [0.3, 0.4) is 0 Å². The van der Waals surface area contributed by atoms with Gasteiger partial charge in [-0.2, -0.15) is 11.8 Å². The number of ketones is 1. The lowest BCUT2D eigenvalue weighted by Gasteiger charge is -2.25. The fourth-order valence-electron chi connectivity index (χ4n) is 2.72. The number of hydrogen-bond acceptors (Lipinski definition) is 5. The van der Waals surface area contributed by atoms with Gasteiger partial charge in [0.25, 0.3) is 0 Å². The zero-order valence-electron chi connectivity index (χ0n) is 14.3. The van der Waals surface area contributed by atoms with Gasteiger partial charge in [-0.15, -0.1) is 0 Å². The molecule has 1 aliphatic carbocycles. The minimum Gasteiger partial charge on any atom is -0.511 e. The molecule has 23 heavy (non-hydrogen) atoms. The number of thioether (sulfide) groups is 1. The van der Waals surface area contributed by atoms with Gasteiger partial charge >= 0.3 is 0 Å². The Morgan fingerprint density at radius 1 is 1.52 bits per heavy atom. The SMILES string of the molecule is CCSC(C)CC1CC(=O)C(C(CC)=NOC(C)=CCl)=C(O)C1. The number of nitrogens with zero attached hydrogens (tertiary/aromatic N) is 1. The van der Waals surface area contributed by atoms with Gasteiger partial charge in [-0.3, -0.25) is 4.79 Å².